The number of likely N-dealkylation sites (tertiary alicyclic amines) is 1. The number of halogens is 3. The number of hydrogen-bond donors (Lipinski definition) is 1. The first-order valence-electron chi connectivity index (χ1n) is 19.2. The Morgan fingerprint density at radius 1 is 0.873 bits per heavy atom. The summed E-state index contributed by atoms with van der Waals surface area (Å²) in [7, 11) is 0. The second-order valence-electron chi connectivity index (χ2n) is 15.1. The summed E-state index contributed by atoms with van der Waals surface area (Å²) >= 11 is 1.68. The molecule has 0 amide bonds. The van der Waals surface area contributed by atoms with Gasteiger partial charge in [0.25, 0.3) is 0 Å². The zero-order chi connectivity index (χ0) is 37.7. The van der Waals surface area contributed by atoms with Crippen LogP contribution < -0.4 is 5.32 Å². The van der Waals surface area contributed by atoms with Crippen LogP contribution in [0.1, 0.15) is 76.3 Å². The van der Waals surface area contributed by atoms with Gasteiger partial charge >= 0.3 is 6.18 Å². The maximum absolute atomic E-state index is 13.2. The van der Waals surface area contributed by atoms with Crippen LogP contribution in [0.15, 0.2) is 96.4 Å². The molecule has 0 saturated carbocycles. The molecule has 2 aliphatic rings. The number of alkyl halides is 3. The van der Waals surface area contributed by atoms with Crippen LogP contribution in [-0.2, 0) is 30.5 Å². The van der Waals surface area contributed by atoms with Gasteiger partial charge in [-0.2, -0.15) is 18.3 Å². The number of aldehydes is 1. The SMILES string of the molecule is Cc1cc(C(F)(F)F)nn1CC(C=O)N1CCC(c2nc(CNc3c([C@@H]4CCCc5c4ccc4c5ccc5ccccc54)ccc4ccccc34)cs2)CC1. The number of carbonyl (C=O) groups is 1. The number of rotatable bonds is 9. The fraction of sp³-hybridized carbons (Fsp3) is 0.311. The molecular formula is C45H42F3N5OS. The molecule has 9 rings (SSSR count). The van der Waals surface area contributed by atoms with E-state index in [9.17, 15) is 18.0 Å². The first kappa shape index (κ1) is 35.6. The first-order chi connectivity index (χ1) is 26.7. The van der Waals surface area contributed by atoms with Crippen molar-refractivity contribution in [2.45, 2.75) is 76.2 Å². The maximum Gasteiger partial charge on any atom is 0.435 e. The molecule has 1 aliphatic carbocycles. The van der Waals surface area contributed by atoms with Crippen molar-refractivity contribution in [2.75, 3.05) is 18.4 Å². The summed E-state index contributed by atoms with van der Waals surface area (Å²) in [6.07, 6.45) is 1.29. The highest BCUT2D eigenvalue weighted by Crippen LogP contribution is 2.45. The lowest BCUT2D eigenvalue weighted by Crippen LogP contribution is -2.44. The van der Waals surface area contributed by atoms with Crippen molar-refractivity contribution in [1.29, 1.82) is 0 Å². The summed E-state index contributed by atoms with van der Waals surface area (Å²) in [5.41, 5.74) is 5.86. The minimum absolute atomic E-state index is 0.0967. The third-order valence-electron chi connectivity index (χ3n) is 11.9. The van der Waals surface area contributed by atoms with Crippen LogP contribution in [0.5, 0.6) is 0 Å². The number of carbonyl (C=O) groups excluding carboxylic acids is 1. The van der Waals surface area contributed by atoms with E-state index >= 15 is 0 Å². The molecule has 10 heteroatoms. The van der Waals surface area contributed by atoms with Crippen molar-refractivity contribution >= 4 is 55.6 Å². The van der Waals surface area contributed by atoms with Gasteiger partial charge in [-0.15, -0.1) is 11.3 Å². The van der Waals surface area contributed by atoms with E-state index in [4.69, 9.17) is 4.98 Å². The molecule has 0 bridgehead atoms. The highest BCUT2D eigenvalue weighted by molar-refractivity contribution is 7.09. The Morgan fingerprint density at radius 2 is 1.58 bits per heavy atom. The minimum atomic E-state index is -4.52. The molecule has 280 valence electrons. The van der Waals surface area contributed by atoms with E-state index in [2.05, 4.69) is 106 Å². The minimum Gasteiger partial charge on any atom is -0.379 e. The van der Waals surface area contributed by atoms with Crippen LogP contribution in [0.25, 0.3) is 32.3 Å². The number of fused-ring (bicyclic) bond motifs is 6. The van der Waals surface area contributed by atoms with Crippen LogP contribution in [-0.4, -0.2) is 45.1 Å². The van der Waals surface area contributed by atoms with E-state index in [1.165, 1.54) is 59.4 Å². The zero-order valence-electron chi connectivity index (χ0n) is 30.7. The zero-order valence-corrected chi connectivity index (χ0v) is 31.5. The van der Waals surface area contributed by atoms with Crippen molar-refractivity contribution in [3.05, 3.63) is 135 Å². The number of thiazole rings is 1. The molecule has 0 radical (unpaired) electrons. The quantitative estimate of drug-likeness (QED) is 0.117. The summed E-state index contributed by atoms with van der Waals surface area (Å²) in [5, 5.41) is 18.5. The number of anilines is 1. The fourth-order valence-electron chi connectivity index (χ4n) is 9.01. The lowest BCUT2D eigenvalue weighted by atomic mass is 9.76. The molecular weight excluding hydrogens is 716 g/mol. The Bertz CT molecular complexity index is 2530. The molecule has 55 heavy (non-hydrogen) atoms. The molecule has 1 unspecified atom stereocenters. The van der Waals surface area contributed by atoms with Crippen molar-refractivity contribution in [2.24, 2.45) is 0 Å². The summed E-state index contributed by atoms with van der Waals surface area (Å²) < 4.78 is 40.9. The third kappa shape index (κ3) is 6.80. The van der Waals surface area contributed by atoms with Crippen molar-refractivity contribution < 1.29 is 18.0 Å². The van der Waals surface area contributed by atoms with E-state index in [0.29, 0.717) is 25.3 Å². The average Bonchev–Trinajstić information content (AvgIpc) is 3.85. The lowest BCUT2D eigenvalue weighted by molar-refractivity contribution is -0.141. The van der Waals surface area contributed by atoms with Crippen LogP contribution in [0, 0.1) is 6.92 Å². The van der Waals surface area contributed by atoms with Crippen molar-refractivity contribution in [3.8, 4) is 0 Å². The largest absolute Gasteiger partial charge is 0.435 e. The normalized spacial score (nSPS) is 17.5. The monoisotopic (exact) mass is 757 g/mol. The highest BCUT2D eigenvalue weighted by atomic mass is 32.1. The van der Waals surface area contributed by atoms with Gasteiger partial charge in [0.15, 0.2) is 5.69 Å². The summed E-state index contributed by atoms with van der Waals surface area (Å²) in [4.78, 5) is 19.3. The third-order valence-corrected chi connectivity index (χ3v) is 12.9. The van der Waals surface area contributed by atoms with Gasteiger partial charge in [-0.05, 0) is 102 Å². The van der Waals surface area contributed by atoms with Gasteiger partial charge in [0, 0.05) is 34.0 Å². The smallest absolute Gasteiger partial charge is 0.379 e. The molecule has 2 atom stereocenters. The molecule has 2 aromatic heterocycles. The maximum atomic E-state index is 13.2. The van der Waals surface area contributed by atoms with Crippen LogP contribution in [0.4, 0.5) is 18.9 Å². The van der Waals surface area contributed by atoms with Gasteiger partial charge in [0.1, 0.15) is 6.29 Å². The van der Waals surface area contributed by atoms with Gasteiger partial charge in [0.05, 0.1) is 29.8 Å². The van der Waals surface area contributed by atoms with Crippen LogP contribution in [0.3, 0.4) is 0 Å². The van der Waals surface area contributed by atoms with E-state index in [-0.39, 0.29) is 18.4 Å². The first-order valence-corrected chi connectivity index (χ1v) is 20.1. The molecule has 5 aromatic carbocycles. The number of aromatic nitrogens is 3. The Hall–Kier alpha value is -5.06. The average molecular weight is 758 g/mol. The Balaban J connectivity index is 0.922. The fourth-order valence-corrected chi connectivity index (χ4v) is 10.0. The van der Waals surface area contributed by atoms with Crippen LogP contribution in [0.2, 0.25) is 0 Å². The van der Waals surface area contributed by atoms with E-state index < -0.39 is 17.9 Å². The molecule has 6 nitrogen and oxygen atoms in total. The molecule has 3 heterocycles. The number of nitrogens with one attached hydrogen (secondary N) is 1. The highest BCUT2D eigenvalue weighted by Gasteiger charge is 2.35. The van der Waals surface area contributed by atoms with E-state index in [1.54, 1.807) is 18.3 Å². The van der Waals surface area contributed by atoms with Crippen molar-refractivity contribution in [3.63, 3.8) is 0 Å². The summed E-state index contributed by atoms with van der Waals surface area (Å²) in [6.45, 7) is 3.63. The number of piperidine rings is 1. The Kier molecular flexibility index (Phi) is 9.42. The summed E-state index contributed by atoms with van der Waals surface area (Å²) in [6, 6.07) is 31.6. The van der Waals surface area contributed by atoms with E-state index in [1.807, 2.05) is 0 Å². The second kappa shape index (κ2) is 14.5. The van der Waals surface area contributed by atoms with Gasteiger partial charge in [-0.3, -0.25) is 9.58 Å². The van der Waals surface area contributed by atoms with Gasteiger partial charge in [-0.1, -0.05) is 84.9 Å². The topological polar surface area (TPSA) is 63.1 Å². The molecule has 1 saturated heterocycles. The molecule has 1 aliphatic heterocycles. The number of benzene rings is 5. The summed E-state index contributed by atoms with van der Waals surface area (Å²) in [5.74, 6) is 0.548. The van der Waals surface area contributed by atoms with Crippen LogP contribution >= 0.6 is 11.3 Å². The van der Waals surface area contributed by atoms with Crippen molar-refractivity contribution in [1.82, 2.24) is 19.7 Å². The standard InChI is InChI=1S/C45H42F3N5OS/c1-28-23-42(45(46,47)48)51-53(28)25-33(26-54)52-21-19-31(20-22-52)44-50-32(27-55-44)24-49-43-35-10-5-3-8-30(35)14-16-41(43)37-12-6-11-36-39-15-13-29-7-2-4-9-34(29)38(39)17-18-40(36)37/h2-5,7-10,13-18,23,26-27,31,33,37,49H,6,11-12,19-22,24-25H2,1H3/t33?,37-/m1/s1. The molecule has 1 N–H and O–H groups in total. The second-order valence-corrected chi connectivity index (χ2v) is 16.0. The number of hydrogen-bond acceptors (Lipinski definition) is 6. The van der Waals surface area contributed by atoms with E-state index in [0.717, 1.165) is 55.2 Å². The molecule has 0 spiro atoms. The number of aryl methyl sites for hydroxylation is 2. The Labute approximate surface area is 322 Å². The van der Waals surface area contributed by atoms with Gasteiger partial charge in [0.2, 0.25) is 0 Å². The van der Waals surface area contributed by atoms with Gasteiger partial charge in [-0.25, -0.2) is 4.98 Å². The molecule has 7 aromatic rings. The Morgan fingerprint density at radius 3 is 2.35 bits per heavy atom. The predicted molar refractivity (Wildman–Crippen MR) is 215 cm³/mol. The molecule has 1 fully saturated rings. The predicted octanol–water partition coefficient (Wildman–Crippen LogP) is 10.7. The number of nitrogens with zero attached hydrogens (tertiary/aromatic N) is 4. The lowest BCUT2D eigenvalue weighted by Gasteiger charge is -2.34. The van der Waals surface area contributed by atoms with Gasteiger partial charge < -0.3 is 10.1 Å².